The van der Waals surface area contributed by atoms with E-state index in [1.165, 1.54) is 9.80 Å². The van der Waals surface area contributed by atoms with Crippen molar-refractivity contribution in [3.05, 3.63) is 39.8 Å². The Morgan fingerprint density at radius 2 is 2.03 bits per heavy atom. The van der Waals surface area contributed by atoms with Crippen LogP contribution in [0.1, 0.15) is 62.4 Å². The third kappa shape index (κ3) is 7.20. The normalized spacial score (nSPS) is 17.0. The Balaban J connectivity index is 1.60. The first-order chi connectivity index (χ1) is 17.5. The fraction of sp³-hybridized carbons (Fsp3) is 0.542. The second-order valence-electron chi connectivity index (χ2n) is 9.81. The fourth-order valence-corrected chi connectivity index (χ4v) is 4.18. The van der Waals surface area contributed by atoms with Gasteiger partial charge in [0.15, 0.2) is 0 Å². The van der Waals surface area contributed by atoms with E-state index in [1.807, 2.05) is 0 Å². The number of hydrogen-bond acceptors (Lipinski definition) is 7. The Hall–Kier alpha value is -4.12. The number of azide groups is 1. The molecule has 2 aliphatic heterocycles. The molecule has 3 rings (SSSR count). The average Bonchev–Trinajstić information content (AvgIpc) is 3.14. The van der Waals surface area contributed by atoms with E-state index in [4.69, 9.17) is 10.3 Å². The molecule has 1 saturated heterocycles. The Morgan fingerprint density at radius 1 is 1.27 bits per heavy atom. The Morgan fingerprint density at radius 3 is 2.70 bits per heavy atom. The van der Waals surface area contributed by atoms with Crippen molar-refractivity contribution in [3.63, 3.8) is 0 Å². The molecular weight excluding hydrogens is 482 g/mol. The molecule has 0 spiro atoms. The number of anilines is 1. The highest BCUT2D eigenvalue weighted by Gasteiger charge is 2.40. The van der Waals surface area contributed by atoms with Crippen LogP contribution in [-0.2, 0) is 25.7 Å². The van der Waals surface area contributed by atoms with Gasteiger partial charge < -0.3 is 19.9 Å². The number of piperidine rings is 1. The monoisotopic (exact) mass is 513 g/mol. The topological polar surface area (TPSA) is 174 Å². The van der Waals surface area contributed by atoms with Crippen molar-refractivity contribution in [2.24, 2.45) is 5.11 Å². The van der Waals surface area contributed by atoms with Gasteiger partial charge in [-0.15, -0.1) is 0 Å². The van der Waals surface area contributed by atoms with E-state index < -0.39 is 23.6 Å². The molecular formula is C24H31N7O6. The van der Waals surface area contributed by atoms with Crippen LogP contribution < -0.4 is 10.6 Å². The summed E-state index contributed by atoms with van der Waals surface area (Å²) in [5, 5.41) is 8.55. The number of rotatable bonds is 9. The quantitative estimate of drug-likeness (QED) is 0.222. The molecule has 5 amide bonds. The molecule has 0 aromatic heterocycles. The average molecular weight is 514 g/mol. The van der Waals surface area contributed by atoms with Gasteiger partial charge in [0.25, 0.3) is 5.91 Å². The lowest BCUT2D eigenvalue weighted by atomic mass is 10.0. The SMILES string of the molecule is CC(C)(C)OC(=O)N(CCCC(=O)Nc1cccc2c1CN(C1CCC(=O)NC1=O)C2=O)CCN=[N+]=[N-]. The summed E-state index contributed by atoms with van der Waals surface area (Å²) in [6.07, 6.45) is 0.268. The van der Waals surface area contributed by atoms with Crippen LogP contribution in [-0.4, -0.2) is 70.8 Å². The highest BCUT2D eigenvalue weighted by atomic mass is 16.6. The van der Waals surface area contributed by atoms with Crippen molar-refractivity contribution < 1.29 is 28.7 Å². The van der Waals surface area contributed by atoms with E-state index in [-0.39, 0.29) is 63.2 Å². The molecule has 2 aliphatic rings. The minimum Gasteiger partial charge on any atom is -0.444 e. The van der Waals surface area contributed by atoms with Crippen molar-refractivity contribution in [2.75, 3.05) is 25.0 Å². The van der Waals surface area contributed by atoms with Crippen LogP contribution in [0.15, 0.2) is 23.3 Å². The summed E-state index contributed by atoms with van der Waals surface area (Å²) in [6, 6.07) is 4.23. The number of fused-ring (bicyclic) bond motifs is 1. The number of ether oxygens (including phenoxy) is 1. The second-order valence-corrected chi connectivity index (χ2v) is 9.81. The smallest absolute Gasteiger partial charge is 0.410 e. The van der Waals surface area contributed by atoms with Crippen molar-refractivity contribution in [2.45, 2.75) is 64.6 Å². The summed E-state index contributed by atoms with van der Waals surface area (Å²) in [7, 11) is 0. The summed E-state index contributed by atoms with van der Waals surface area (Å²) in [6.45, 7) is 5.83. The van der Waals surface area contributed by atoms with Crippen LogP contribution in [0.2, 0.25) is 0 Å². The Bertz CT molecular complexity index is 1140. The minimum absolute atomic E-state index is 0.0792. The van der Waals surface area contributed by atoms with Crippen molar-refractivity contribution in [3.8, 4) is 0 Å². The molecule has 0 aliphatic carbocycles. The number of benzene rings is 1. The maximum atomic E-state index is 12.9. The van der Waals surface area contributed by atoms with E-state index in [9.17, 15) is 24.0 Å². The lowest BCUT2D eigenvalue weighted by Crippen LogP contribution is -2.52. The summed E-state index contributed by atoms with van der Waals surface area (Å²) >= 11 is 0. The molecule has 0 radical (unpaired) electrons. The summed E-state index contributed by atoms with van der Waals surface area (Å²) in [5.74, 6) is -1.49. The van der Waals surface area contributed by atoms with Gasteiger partial charge in [-0.25, -0.2) is 4.79 Å². The maximum absolute atomic E-state index is 12.9. The van der Waals surface area contributed by atoms with Gasteiger partial charge in [-0.2, -0.15) is 0 Å². The molecule has 1 aromatic carbocycles. The van der Waals surface area contributed by atoms with Gasteiger partial charge >= 0.3 is 6.09 Å². The third-order valence-corrected chi connectivity index (χ3v) is 5.87. The molecule has 1 fully saturated rings. The standard InChI is InChI=1S/C24H31N7O6/c1-24(2,3)37-23(36)30(13-11-26-29-25)12-5-8-19(32)27-17-7-4-6-15-16(17)14-31(22(15)35)18-9-10-20(33)28-21(18)34/h4,6-7,18H,5,8-14H2,1-3H3,(H,27,32)(H,28,33,34). The zero-order chi connectivity index (χ0) is 27.2. The number of carbonyl (C=O) groups is 5. The van der Waals surface area contributed by atoms with Gasteiger partial charge in [0.1, 0.15) is 11.6 Å². The van der Waals surface area contributed by atoms with E-state index in [1.54, 1.807) is 39.0 Å². The minimum atomic E-state index is -0.745. The van der Waals surface area contributed by atoms with Crippen molar-refractivity contribution in [1.29, 1.82) is 0 Å². The van der Waals surface area contributed by atoms with Gasteiger partial charge in [-0.05, 0) is 51.3 Å². The number of hydrogen-bond donors (Lipinski definition) is 2. The Kier molecular flexibility index (Phi) is 8.72. The molecule has 2 N–H and O–H groups in total. The number of nitrogens with one attached hydrogen (secondary N) is 2. The Labute approximate surface area is 214 Å². The first-order valence-electron chi connectivity index (χ1n) is 12.1. The molecule has 198 valence electrons. The van der Waals surface area contributed by atoms with Crippen LogP contribution in [0.4, 0.5) is 10.5 Å². The summed E-state index contributed by atoms with van der Waals surface area (Å²) in [5.41, 5.74) is 9.28. The fourth-order valence-electron chi connectivity index (χ4n) is 4.18. The van der Waals surface area contributed by atoms with E-state index >= 15 is 0 Å². The van der Waals surface area contributed by atoms with Crippen molar-refractivity contribution in [1.82, 2.24) is 15.1 Å². The van der Waals surface area contributed by atoms with E-state index in [0.29, 0.717) is 23.2 Å². The van der Waals surface area contributed by atoms with Gasteiger partial charge in [0.2, 0.25) is 17.7 Å². The second kappa shape index (κ2) is 11.7. The van der Waals surface area contributed by atoms with Gasteiger partial charge in [-0.1, -0.05) is 11.2 Å². The van der Waals surface area contributed by atoms with Crippen LogP contribution in [0.3, 0.4) is 0 Å². The predicted molar refractivity (Wildman–Crippen MR) is 132 cm³/mol. The van der Waals surface area contributed by atoms with Crippen LogP contribution in [0, 0.1) is 0 Å². The molecule has 37 heavy (non-hydrogen) atoms. The molecule has 13 heteroatoms. The lowest BCUT2D eigenvalue weighted by molar-refractivity contribution is -0.137. The first-order valence-corrected chi connectivity index (χ1v) is 12.1. The molecule has 1 unspecified atom stereocenters. The highest BCUT2D eigenvalue weighted by molar-refractivity contribution is 6.06. The zero-order valence-electron chi connectivity index (χ0n) is 21.2. The van der Waals surface area contributed by atoms with Crippen LogP contribution in [0.25, 0.3) is 10.4 Å². The first kappa shape index (κ1) is 27.5. The van der Waals surface area contributed by atoms with Crippen LogP contribution >= 0.6 is 0 Å². The molecule has 1 aromatic rings. The molecule has 13 nitrogen and oxygen atoms in total. The highest BCUT2D eigenvalue weighted by Crippen LogP contribution is 2.32. The third-order valence-electron chi connectivity index (χ3n) is 5.87. The molecule has 2 heterocycles. The predicted octanol–water partition coefficient (Wildman–Crippen LogP) is 2.71. The lowest BCUT2D eigenvalue weighted by Gasteiger charge is -2.29. The number of imide groups is 1. The number of amides is 5. The van der Waals surface area contributed by atoms with Crippen molar-refractivity contribution >= 4 is 35.4 Å². The number of nitrogens with zero attached hydrogens (tertiary/aromatic N) is 5. The summed E-state index contributed by atoms with van der Waals surface area (Å²) in [4.78, 5) is 67.4. The van der Waals surface area contributed by atoms with Crippen LogP contribution in [0.5, 0.6) is 0 Å². The van der Waals surface area contributed by atoms with Gasteiger partial charge in [-0.3, -0.25) is 24.5 Å². The molecule has 1 atom stereocenters. The number of carbonyl (C=O) groups excluding carboxylic acids is 5. The van der Waals surface area contributed by atoms with E-state index in [2.05, 4.69) is 20.7 Å². The van der Waals surface area contributed by atoms with Gasteiger partial charge in [0.05, 0.1) is 0 Å². The largest absolute Gasteiger partial charge is 0.444 e. The van der Waals surface area contributed by atoms with Gasteiger partial charge in [0, 0.05) is 60.7 Å². The summed E-state index contributed by atoms with van der Waals surface area (Å²) < 4.78 is 5.39. The van der Waals surface area contributed by atoms with E-state index in [0.717, 1.165) is 0 Å². The maximum Gasteiger partial charge on any atom is 0.410 e. The molecule has 0 bridgehead atoms. The zero-order valence-corrected chi connectivity index (χ0v) is 21.2. The molecule has 0 saturated carbocycles.